The first-order valence-corrected chi connectivity index (χ1v) is 12.8. The SMILES string of the molecule is CC(C)(C)Oc1ccc([C@]2(c3ccc(OC(=O)C(C)(C)C)cc3)C3CCC4=CC(C3)CC42)cc1. The number of fused-ring (bicyclic) bond motifs is 2. The monoisotopic (exact) mass is 458 g/mol. The molecule has 3 aliphatic carbocycles. The molecule has 3 aliphatic rings. The summed E-state index contributed by atoms with van der Waals surface area (Å²) >= 11 is 0. The van der Waals surface area contributed by atoms with E-state index in [1.54, 1.807) is 5.57 Å². The molecule has 3 heteroatoms. The van der Waals surface area contributed by atoms with Crippen molar-refractivity contribution < 1.29 is 14.3 Å². The molecule has 3 nitrogen and oxygen atoms in total. The summed E-state index contributed by atoms with van der Waals surface area (Å²) in [6, 6.07) is 17.3. The van der Waals surface area contributed by atoms with Crippen LogP contribution in [0.5, 0.6) is 11.5 Å². The molecule has 2 saturated carbocycles. The van der Waals surface area contributed by atoms with Crippen molar-refractivity contribution in [3.8, 4) is 11.5 Å². The van der Waals surface area contributed by atoms with Gasteiger partial charge in [-0.15, -0.1) is 0 Å². The van der Waals surface area contributed by atoms with Crippen molar-refractivity contribution in [1.29, 1.82) is 0 Å². The maximum Gasteiger partial charge on any atom is 0.316 e. The summed E-state index contributed by atoms with van der Waals surface area (Å²) in [5.74, 6) is 3.22. The molecule has 3 bridgehead atoms. The lowest BCUT2D eigenvalue weighted by Gasteiger charge is -2.53. The number of carbonyl (C=O) groups is 1. The molecule has 0 radical (unpaired) electrons. The fourth-order valence-electron chi connectivity index (χ4n) is 6.62. The number of hydrogen-bond acceptors (Lipinski definition) is 3. The van der Waals surface area contributed by atoms with Gasteiger partial charge < -0.3 is 9.47 Å². The number of allylic oxidation sites excluding steroid dienone is 2. The highest BCUT2D eigenvalue weighted by atomic mass is 16.5. The van der Waals surface area contributed by atoms with E-state index in [9.17, 15) is 4.79 Å². The summed E-state index contributed by atoms with van der Waals surface area (Å²) in [5, 5.41) is 0. The minimum Gasteiger partial charge on any atom is -0.488 e. The van der Waals surface area contributed by atoms with Crippen molar-refractivity contribution in [3.05, 3.63) is 71.3 Å². The number of esters is 1. The molecule has 0 amide bonds. The Morgan fingerprint density at radius 2 is 1.44 bits per heavy atom. The van der Waals surface area contributed by atoms with E-state index in [1.807, 2.05) is 32.9 Å². The smallest absolute Gasteiger partial charge is 0.316 e. The maximum absolute atomic E-state index is 12.4. The molecule has 0 saturated heterocycles. The van der Waals surface area contributed by atoms with Crippen LogP contribution in [0.3, 0.4) is 0 Å². The van der Waals surface area contributed by atoms with E-state index in [0.29, 0.717) is 17.6 Å². The van der Waals surface area contributed by atoms with Gasteiger partial charge in [0, 0.05) is 5.41 Å². The average Bonchev–Trinajstić information content (AvgIpc) is 2.98. The van der Waals surface area contributed by atoms with Crippen LogP contribution in [0.15, 0.2) is 60.2 Å². The van der Waals surface area contributed by atoms with Crippen molar-refractivity contribution in [3.63, 3.8) is 0 Å². The van der Waals surface area contributed by atoms with E-state index < -0.39 is 5.41 Å². The van der Waals surface area contributed by atoms with Crippen LogP contribution in [-0.4, -0.2) is 11.6 Å². The van der Waals surface area contributed by atoms with Gasteiger partial charge in [-0.2, -0.15) is 0 Å². The first-order chi connectivity index (χ1) is 16.0. The van der Waals surface area contributed by atoms with Crippen LogP contribution in [0.25, 0.3) is 0 Å². The molecule has 180 valence electrons. The largest absolute Gasteiger partial charge is 0.488 e. The van der Waals surface area contributed by atoms with Gasteiger partial charge in [-0.1, -0.05) is 35.9 Å². The standard InChI is InChI=1S/C31H38O3/c1-29(2,3)28(32)33-25-13-9-22(10-14-25)31(23-11-15-26(16-12-23)34-30(4,5)6)24-8-7-21-17-20(18-24)19-27(21)31/h9-17,20,24,27H,7-8,18-19H2,1-6H3/t20?,24?,27?,31-/m1/s1. The number of benzene rings is 2. The topological polar surface area (TPSA) is 35.5 Å². The number of hydrogen-bond donors (Lipinski definition) is 0. The first-order valence-electron chi connectivity index (χ1n) is 12.8. The lowest BCUT2D eigenvalue weighted by molar-refractivity contribution is -0.143. The Labute approximate surface area is 204 Å². The molecule has 3 unspecified atom stereocenters. The molecule has 0 aliphatic heterocycles. The predicted octanol–water partition coefficient (Wildman–Crippen LogP) is 7.48. The van der Waals surface area contributed by atoms with E-state index >= 15 is 0 Å². The molecule has 34 heavy (non-hydrogen) atoms. The number of rotatable bonds is 4. The van der Waals surface area contributed by atoms with Gasteiger partial charge in [0.1, 0.15) is 17.1 Å². The molecular weight excluding hydrogens is 420 g/mol. The second kappa shape index (κ2) is 8.00. The summed E-state index contributed by atoms with van der Waals surface area (Å²) in [6.45, 7) is 11.9. The van der Waals surface area contributed by atoms with Crippen LogP contribution in [0, 0.1) is 23.2 Å². The van der Waals surface area contributed by atoms with Crippen molar-refractivity contribution in [2.24, 2.45) is 23.2 Å². The highest BCUT2D eigenvalue weighted by Gasteiger charge is 2.57. The van der Waals surface area contributed by atoms with Crippen LogP contribution < -0.4 is 9.47 Å². The van der Waals surface area contributed by atoms with Gasteiger partial charge in [0.2, 0.25) is 0 Å². The van der Waals surface area contributed by atoms with Crippen LogP contribution in [0.2, 0.25) is 0 Å². The van der Waals surface area contributed by atoms with Gasteiger partial charge in [-0.3, -0.25) is 4.79 Å². The molecule has 5 rings (SSSR count). The molecule has 2 fully saturated rings. The van der Waals surface area contributed by atoms with Crippen LogP contribution in [0.1, 0.15) is 78.4 Å². The summed E-state index contributed by atoms with van der Waals surface area (Å²) in [4.78, 5) is 12.4. The minimum atomic E-state index is -0.523. The van der Waals surface area contributed by atoms with Gasteiger partial charge in [0.25, 0.3) is 0 Å². The zero-order valence-electron chi connectivity index (χ0n) is 21.5. The third-order valence-electron chi connectivity index (χ3n) is 7.91. The Bertz CT molecular complexity index is 1100. The summed E-state index contributed by atoms with van der Waals surface area (Å²) < 4.78 is 11.8. The second-order valence-corrected chi connectivity index (χ2v) is 12.5. The Balaban J connectivity index is 1.54. The third-order valence-corrected chi connectivity index (χ3v) is 7.91. The van der Waals surface area contributed by atoms with Gasteiger partial charge in [0.05, 0.1) is 5.41 Å². The van der Waals surface area contributed by atoms with E-state index in [4.69, 9.17) is 9.47 Å². The van der Waals surface area contributed by atoms with E-state index in [-0.39, 0.29) is 17.0 Å². The second-order valence-electron chi connectivity index (χ2n) is 12.5. The highest BCUT2D eigenvalue weighted by molar-refractivity contribution is 5.77. The van der Waals surface area contributed by atoms with Crippen molar-refractivity contribution in [2.45, 2.75) is 78.2 Å². The highest BCUT2D eigenvalue weighted by Crippen LogP contribution is 2.64. The number of carbonyl (C=O) groups excluding carboxylic acids is 1. The Morgan fingerprint density at radius 3 is 2.00 bits per heavy atom. The van der Waals surface area contributed by atoms with E-state index in [1.165, 1.54) is 36.8 Å². The summed E-state index contributed by atoms with van der Waals surface area (Å²) in [7, 11) is 0. The Hall–Kier alpha value is -2.55. The molecule has 0 aromatic heterocycles. The molecule has 2 aromatic rings. The molecule has 2 aromatic carbocycles. The molecule has 0 N–H and O–H groups in total. The van der Waals surface area contributed by atoms with Crippen molar-refractivity contribution in [1.82, 2.24) is 0 Å². The zero-order valence-corrected chi connectivity index (χ0v) is 21.5. The van der Waals surface area contributed by atoms with Gasteiger partial charge in [0.15, 0.2) is 0 Å². The normalized spacial score (nSPS) is 27.9. The minimum absolute atomic E-state index is 0.0378. The van der Waals surface area contributed by atoms with Crippen LogP contribution in [0.4, 0.5) is 0 Å². The first kappa shape index (κ1) is 23.2. The molecule has 0 spiro atoms. The Morgan fingerprint density at radius 1 is 0.853 bits per heavy atom. The third kappa shape index (κ3) is 3.97. The van der Waals surface area contributed by atoms with Crippen LogP contribution >= 0.6 is 0 Å². The van der Waals surface area contributed by atoms with Gasteiger partial charge in [-0.05, 0) is 120 Å². The number of ether oxygens (including phenoxy) is 2. The van der Waals surface area contributed by atoms with E-state index in [0.717, 1.165) is 11.7 Å². The predicted molar refractivity (Wildman–Crippen MR) is 136 cm³/mol. The van der Waals surface area contributed by atoms with Gasteiger partial charge >= 0.3 is 5.97 Å². The lowest BCUT2D eigenvalue weighted by Crippen LogP contribution is -2.49. The fourth-order valence-corrected chi connectivity index (χ4v) is 6.62. The lowest BCUT2D eigenvalue weighted by atomic mass is 9.49. The quantitative estimate of drug-likeness (QED) is 0.271. The Kier molecular flexibility index (Phi) is 5.46. The zero-order chi connectivity index (χ0) is 24.3. The van der Waals surface area contributed by atoms with E-state index in [2.05, 4.69) is 63.2 Å². The van der Waals surface area contributed by atoms with Crippen molar-refractivity contribution >= 4 is 5.97 Å². The fraction of sp³-hybridized carbons (Fsp3) is 0.516. The summed E-state index contributed by atoms with van der Waals surface area (Å²) in [6.07, 6.45) is 7.55. The summed E-state index contributed by atoms with van der Waals surface area (Å²) in [5.41, 5.74) is 3.60. The molecule has 4 atom stereocenters. The van der Waals surface area contributed by atoms with Crippen molar-refractivity contribution in [2.75, 3.05) is 0 Å². The van der Waals surface area contributed by atoms with Crippen LogP contribution in [-0.2, 0) is 10.2 Å². The average molecular weight is 459 g/mol. The molecular formula is C31H38O3. The van der Waals surface area contributed by atoms with Gasteiger partial charge in [-0.25, -0.2) is 0 Å². The molecule has 0 heterocycles. The maximum atomic E-state index is 12.4.